The number of hydrogen-bond donors (Lipinski definition) is 2. The molecule has 0 aliphatic heterocycles. The number of thiol groups is 1. The van der Waals surface area contributed by atoms with E-state index in [0.29, 0.717) is 5.37 Å². The molecule has 4 heteroatoms. The Morgan fingerprint density at radius 2 is 2.00 bits per heavy atom. The van der Waals surface area contributed by atoms with Gasteiger partial charge in [0.05, 0.1) is 0 Å². The zero-order valence-corrected chi connectivity index (χ0v) is 9.70. The first-order valence-electron chi connectivity index (χ1n) is 3.93. The molecule has 1 unspecified atom stereocenters. The fraction of sp³-hybridized carbons (Fsp3) is 1.00. The third-order valence-electron chi connectivity index (χ3n) is 0.996. The van der Waals surface area contributed by atoms with Gasteiger partial charge in [-0.1, -0.05) is 28.5 Å². The molecule has 0 aromatic carbocycles. The van der Waals surface area contributed by atoms with E-state index < -0.39 is 0 Å². The van der Waals surface area contributed by atoms with E-state index in [0.717, 1.165) is 6.54 Å². The molecule has 0 aliphatic carbocycles. The Labute approximate surface area is 83.3 Å². The summed E-state index contributed by atoms with van der Waals surface area (Å²) < 4.78 is 0. The second-order valence-electron chi connectivity index (χ2n) is 2.27. The standard InChI is InChI=1S/C7H17NS3/c1-3-5-10-11-6-4-8-7(2)9/h7-9H,3-6H2,1-2H3. The summed E-state index contributed by atoms with van der Waals surface area (Å²) in [4.78, 5) is 0. The molecule has 0 rings (SSSR count). The molecular formula is C7H17NS3. The molecule has 1 N–H and O–H groups in total. The minimum absolute atomic E-state index is 0.326. The highest BCUT2D eigenvalue weighted by Gasteiger charge is 1.92. The quantitative estimate of drug-likeness (QED) is 0.291. The zero-order valence-electron chi connectivity index (χ0n) is 7.17. The van der Waals surface area contributed by atoms with E-state index in [-0.39, 0.29) is 0 Å². The molecule has 0 amide bonds. The van der Waals surface area contributed by atoms with Gasteiger partial charge in [-0.2, -0.15) is 12.6 Å². The Morgan fingerprint density at radius 1 is 1.36 bits per heavy atom. The smallest absolute Gasteiger partial charge is 0.0474 e. The molecule has 1 nitrogen and oxygen atoms in total. The number of rotatable bonds is 7. The molecule has 0 fully saturated rings. The Morgan fingerprint density at radius 3 is 2.55 bits per heavy atom. The minimum Gasteiger partial charge on any atom is -0.305 e. The van der Waals surface area contributed by atoms with Gasteiger partial charge in [0.2, 0.25) is 0 Å². The molecule has 0 heterocycles. The summed E-state index contributed by atoms with van der Waals surface area (Å²) in [7, 11) is 3.90. The molecule has 1 atom stereocenters. The van der Waals surface area contributed by atoms with Crippen LogP contribution in [-0.4, -0.2) is 23.4 Å². The van der Waals surface area contributed by atoms with Gasteiger partial charge in [-0.05, 0) is 13.3 Å². The summed E-state index contributed by atoms with van der Waals surface area (Å²) >= 11 is 4.21. The van der Waals surface area contributed by atoms with Crippen molar-refractivity contribution in [3.63, 3.8) is 0 Å². The molecule has 0 bridgehead atoms. The average molecular weight is 211 g/mol. The van der Waals surface area contributed by atoms with Crippen LogP contribution in [0.25, 0.3) is 0 Å². The highest BCUT2D eigenvalue weighted by molar-refractivity contribution is 8.76. The third kappa shape index (κ3) is 11.0. The van der Waals surface area contributed by atoms with Crippen molar-refractivity contribution in [1.82, 2.24) is 5.32 Å². The predicted octanol–water partition coefficient (Wildman–Crippen LogP) is 2.64. The molecule has 0 aromatic rings. The van der Waals surface area contributed by atoms with E-state index in [9.17, 15) is 0 Å². The topological polar surface area (TPSA) is 12.0 Å². The van der Waals surface area contributed by atoms with E-state index in [1.165, 1.54) is 17.9 Å². The van der Waals surface area contributed by atoms with Crippen LogP contribution in [0.4, 0.5) is 0 Å². The summed E-state index contributed by atoms with van der Waals surface area (Å²) in [6.45, 7) is 5.32. The highest BCUT2D eigenvalue weighted by atomic mass is 33.1. The lowest BCUT2D eigenvalue weighted by molar-refractivity contribution is 0.730. The van der Waals surface area contributed by atoms with Crippen LogP contribution in [0.2, 0.25) is 0 Å². The van der Waals surface area contributed by atoms with Crippen LogP contribution < -0.4 is 5.32 Å². The molecule has 0 saturated heterocycles. The van der Waals surface area contributed by atoms with E-state index in [1.54, 1.807) is 0 Å². The average Bonchev–Trinajstić information content (AvgIpc) is 1.96. The highest BCUT2D eigenvalue weighted by Crippen LogP contribution is 2.20. The molecule has 0 aromatic heterocycles. The maximum Gasteiger partial charge on any atom is 0.0474 e. The van der Waals surface area contributed by atoms with Crippen molar-refractivity contribution in [1.29, 1.82) is 0 Å². The second kappa shape index (κ2) is 9.10. The summed E-state index contributed by atoms with van der Waals surface area (Å²) in [5.41, 5.74) is 0. The van der Waals surface area contributed by atoms with Crippen molar-refractivity contribution in [3.05, 3.63) is 0 Å². The van der Waals surface area contributed by atoms with Crippen molar-refractivity contribution < 1.29 is 0 Å². The molecular weight excluding hydrogens is 194 g/mol. The van der Waals surface area contributed by atoms with Gasteiger partial charge >= 0.3 is 0 Å². The number of hydrogen-bond acceptors (Lipinski definition) is 4. The fourth-order valence-electron chi connectivity index (χ4n) is 0.511. The lowest BCUT2D eigenvalue weighted by Gasteiger charge is -2.05. The first kappa shape index (κ1) is 12.0. The SMILES string of the molecule is CCCSSCCNC(C)S. The van der Waals surface area contributed by atoms with Crippen LogP contribution in [0, 0.1) is 0 Å². The lowest BCUT2D eigenvalue weighted by Crippen LogP contribution is -2.22. The zero-order chi connectivity index (χ0) is 8.53. The largest absolute Gasteiger partial charge is 0.305 e. The Bertz CT molecular complexity index is 78.1. The number of nitrogens with one attached hydrogen (secondary N) is 1. The summed E-state index contributed by atoms with van der Waals surface area (Å²) in [5, 5.41) is 3.58. The molecule has 0 aliphatic rings. The first-order chi connectivity index (χ1) is 5.27. The molecule has 0 radical (unpaired) electrons. The Hall–Kier alpha value is 1.01. The van der Waals surface area contributed by atoms with Crippen molar-refractivity contribution in [2.75, 3.05) is 18.1 Å². The molecule has 0 saturated carbocycles. The van der Waals surface area contributed by atoms with E-state index >= 15 is 0 Å². The minimum atomic E-state index is 0.326. The van der Waals surface area contributed by atoms with E-state index in [4.69, 9.17) is 0 Å². The summed E-state index contributed by atoms with van der Waals surface area (Å²) in [6.07, 6.45) is 1.27. The molecule has 11 heavy (non-hydrogen) atoms. The maximum atomic E-state index is 4.21. The van der Waals surface area contributed by atoms with Gasteiger partial charge in [-0.15, -0.1) is 0 Å². The van der Waals surface area contributed by atoms with E-state index in [2.05, 4.69) is 24.9 Å². The maximum absolute atomic E-state index is 4.21. The van der Waals surface area contributed by atoms with Gasteiger partial charge in [0, 0.05) is 23.4 Å². The van der Waals surface area contributed by atoms with Gasteiger partial charge in [0.1, 0.15) is 0 Å². The van der Waals surface area contributed by atoms with Crippen LogP contribution in [0.3, 0.4) is 0 Å². The van der Waals surface area contributed by atoms with Crippen LogP contribution >= 0.6 is 34.2 Å². The van der Waals surface area contributed by atoms with E-state index in [1.807, 2.05) is 28.5 Å². The normalized spacial score (nSPS) is 13.4. The predicted molar refractivity (Wildman–Crippen MR) is 61.7 cm³/mol. The van der Waals surface area contributed by atoms with Gasteiger partial charge < -0.3 is 5.32 Å². The van der Waals surface area contributed by atoms with Gasteiger partial charge in [0.25, 0.3) is 0 Å². The second-order valence-corrected chi connectivity index (χ2v) is 5.75. The van der Waals surface area contributed by atoms with Crippen LogP contribution in [0.5, 0.6) is 0 Å². The van der Waals surface area contributed by atoms with Gasteiger partial charge in [-0.3, -0.25) is 0 Å². The Kier molecular flexibility index (Phi) is 9.94. The van der Waals surface area contributed by atoms with Gasteiger partial charge in [0.15, 0.2) is 0 Å². The third-order valence-corrected chi connectivity index (χ3v) is 3.79. The van der Waals surface area contributed by atoms with Crippen molar-refractivity contribution in [3.8, 4) is 0 Å². The lowest BCUT2D eigenvalue weighted by atomic mass is 10.6. The molecule has 0 spiro atoms. The Balaban J connectivity index is 2.80. The van der Waals surface area contributed by atoms with Crippen LogP contribution in [-0.2, 0) is 0 Å². The summed E-state index contributed by atoms with van der Waals surface area (Å²) in [6, 6.07) is 0. The monoisotopic (exact) mass is 211 g/mol. The van der Waals surface area contributed by atoms with Crippen LogP contribution in [0.1, 0.15) is 20.3 Å². The van der Waals surface area contributed by atoms with Crippen molar-refractivity contribution in [2.45, 2.75) is 25.6 Å². The van der Waals surface area contributed by atoms with Gasteiger partial charge in [-0.25, -0.2) is 0 Å². The first-order valence-corrected chi connectivity index (χ1v) is 6.93. The van der Waals surface area contributed by atoms with Crippen molar-refractivity contribution >= 4 is 34.2 Å². The summed E-state index contributed by atoms with van der Waals surface area (Å²) in [5.74, 6) is 2.44. The van der Waals surface area contributed by atoms with Crippen molar-refractivity contribution in [2.24, 2.45) is 0 Å². The van der Waals surface area contributed by atoms with Crippen LogP contribution in [0.15, 0.2) is 0 Å². The molecule has 68 valence electrons. The fourth-order valence-corrected chi connectivity index (χ4v) is 2.70.